The van der Waals surface area contributed by atoms with Crippen molar-refractivity contribution in [2.24, 2.45) is 0 Å². The molecule has 0 saturated carbocycles. The van der Waals surface area contributed by atoms with Gasteiger partial charge in [-0.3, -0.25) is 4.98 Å². The Labute approximate surface area is 174 Å². The van der Waals surface area contributed by atoms with Crippen LogP contribution in [-0.2, 0) is 0 Å². The van der Waals surface area contributed by atoms with Crippen molar-refractivity contribution < 1.29 is 4.74 Å². The molecule has 0 radical (unpaired) electrons. The second kappa shape index (κ2) is 7.68. The summed E-state index contributed by atoms with van der Waals surface area (Å²) in [6.45, 7) is 1.63. The first-order valence-corrected chi connectivity index (χ1v) is 10.5. The van der Waals surface area contributed by atoms with Gasteiger partial charge in [0, 0.05) is 40.5 Å². The number of aromatic nitrogens is 1. The van der Waals surface area contributed by atoms with Gasteiger partial charge in [-0.25, -0.2) is 0 Å². The Bertz CT molecular complexity index is 1130. The number of fused-ring (bicyclic) bond motifs is 3. The fourth-order valence-corrected chi connectivity index (χ4v) is 4.84. The molecule has 3 aromatic carbocycles. The molecule has 1 N–H and O–H groups in total. The van der Waals surface area contributed by atoms with E-state index in [1.165, 1.54) is 21.2 Å². The van der Waals surface area contributed by atoms with Crippen LogP contribution >= 0.6 is 11.8 Å². The molecule has 5 rings (SSSR count). The van der Waals surface area contributed by atoms with Crippen molar-refractivity contribution in [2.75, 3.05) is 30.4 Å². The van der Waals surface area contributed by atoms with Gasteiger partial charge in [0.05, 0.1) is 29.7 Å². The minimum atomic E-state index is 0.784. The van der Waals surface area contributed by atoms with Crippen LogP contribution in [0.15, 0.2) is 88.8 Å². The lowest BCUT2D eigenvalue weighted by Crippen LogP contribution is -2.26. The number of rotatable bonds is 5. The maximum Gasteiger partial charge on any atom is 0.121 e. The Hall–Kier alpha value is -3.18. The van der Waals surface area contributed by atoms with Crippen molar-refractivity contribution in [1.29, 1.82) is 0 Å². The van der Waals surface area contributed by atoms with Crippen molar-refractivity contribution in [2.45, 2.75) is 9.79 Å². The third-order valence-electron chi connectivity index (χ3n) is 5.10. The highest BCUT2D eigenvalue weighted by Gasteiger charge is 2.22. The van der Waals surface area contributed by atoms with Gasteiger partial charge in [-0.05, 0) is 36.4 Å². The van der Waals surface area contributed by atoms with Gasteiger partial charge < -0.3 is 15.0 Å². The molecule has 0 saturated heterocycles. The zero-order valence-corrected chi connectivity index (χ0v) is 16.9. The van der Waals surface area contributed by atoms with Crippen LogP contribution in [0.1, 0.15) is 0 Å². The number of anilines is 3. The highest BCUT2D eigenvalue weighted by atomic mass is 32.2. The number of benzene rings is 3. The molecule has 0 fully saturated rings. The number of hydrogen-bond acceptors (Lipinski definition) is 5. The Morgan fingerprint density at radius 3 is 2.38 bits per heavy atom. The van der Waals surface area contributed by atoms with Gasteiger partial charge in [0.1, 0.15) is 5.75 Å². The standard InChI is InChI=1S/C24H21N3OS/c1-28-18-15-17-7-6-12-26-24(17)19(16-18)25-13-14-27-20-8-2-4-10-22(20)29-23-11-5-3-9-21(23)27/h2-12,15-16,25H,13-14H2,1H3. The van der Waals surface area contributed by atoms with Gasteiger partial charge in [-0.2, -0.15) is 0 Å². The topological polar surface area (TPSA) is 37.4 Å². The first-order valence-electron chi connectivity index (χ1n) is 9.63. The molecule has 4 nitrogen and oxygen atoms in total. The van der Waals surface area contributed by atoms with E-state index >= 15 is 0 Å². The molecule has 29 heavy (non-hydrogen) atoms. The molecule has 1 aliphatic rings. The molecule has 144 valence electrons. The lowest BCUT2D eigenvalue weighted by Gasteiger charge is -2.32. The van der Waals surface area contributed by atoms with E-state index < -0.39 is 0 Å². The lowest BCUT2D eigenvalue weighted by molar-refractivity contribution is 0.415. The summed E-state index contributed by atoms with van der Waals surface area (Å²) in [5, 5.41) is 4.65. The average molecular weight is 400 g/mol. The lowest BCUT2D eigenvalue weighted by atomic mass is 10.1. The number of nitrogens with one attached hydrogen (secondary N) is 1. The zero-order chi connectivity index (χ0) is 19.6. The van der Waals surface area contributed by atoms with Gasteiger partial charge in [-0.15, -0.1) is 0 Å². The van der Waals surface area contributed by atoms with E-state index in [9.17, 15) is 0 Å². The van der Waals surface area contributed by atoms with Crippen LogP contribution in [0.4, 0.5) is 17.1 Å². The number of para-hydroxylation sites is 2. The molecule has 0 atom stereocenters. The van der Waals surface area contributed by atoms with Crippen LogP contribution in [0.3, 0.4) is 0 Å². The highest BCUT2D eigenvalue weighted by molar-refractivity contribution is 7.99. The molecule has 0 spiro atoms. The van der Waals surface area contributed by atoms with Crippen molar-refractivity contribution >= 4 is 39.7 Å². The molecule has 0 aliphatic carbocycles. The molecule has 5 heteroatoms. The summed E-state index contributed by atoms with van der Waals surface area (Å²) in [5.74, 6) is 0.832. The summed E-state index contributed by atoms with van der Waals surface area (Å²) >= 11 is 1.83. The van der Waals surface area contributed by atoms with E-state index in [1.54, 1.807) is 7.11 Å². The van der Waals surface area contributed by atoms with Crippen LogP contribution in [0.25, 0.3) is 10.9 Å². The van der Waals surface area contributed by atoms with Crippen molar-refractivity contribution in [3.8, 4) is 5.75 Å². The summed E-state index contributed by atoms with van der Waals surface area (Å²) < 4.78 is 5.47. The Morgan fingerprint density at radius 1 is 0.931 bits per heavy atom. The van der Waals surface area contributed by atoms with Gasteiger partial charge >= 0.3 is 0 Å². The molecule has 2 heterocycles. The third-order valence-corrected chi connectivity index (χ3v) is 6.23. The Morgan fingerprint density at radius 2 is 1.66 bits per heavy atom. The average Bonchev–Trinajstić information content (AvgIpc) is 2.78. The SMILES string of the molecule is COc1cc(NCCN2c3ccccc3Sc3ccccc32)c2ncccc2c1. The van der Waals surface area contributed by atoms with E-state index in [-0.39, 0.29) is 0 Å². The first kappa shape index (κ1) is 17.9. The second-order valence-electron chi connectivity index (χ2n) is 6.87. The Kier molecular flexibility index (Phi) is 4.74. The molecule has 0 bridgehead atoms. The molecule has 1 aliphatic heterocycles. The van der Waals surface area contributed by atoms with Crippen LogP contribution in [0.2, 0.25) is 0 Å². The van der Waals surface area contributed by atoms with Crippen LogP contribution < -0.4 is 15.0 Å². The fraction of sp³-hybridized carbons (Fsp3) is 0.125. The normalized spacial score (nSPS) is 12.4. The molecule has 1 aromatic heterocycles. The molecule has 4 aromatic rings. The number of hydrogen-bond donors (Lipinski definition) is 1. The van der Waals surface area contributed by atoms with Gasteiger partial charge in [0.25, 0.3) is 0 Å². The van der Waals surface area contributed by atoms with E-state index in [0.29, 0.717) is 0 Å². The van der Waals surface area contributed by atoms with Gasteiger partial charge in [0.15, 0.2) is 0 Å². The molecular weight excluding hydrogens is 378 g/mol. The number of nitrogens with zero attached hydrogens (tertiary/aromatic N) is 2. The summed E-state index contributed by atoms with van der Waals surface area (Å²) in [7, 11) is 1.70. The van der Waals surface area contributed by atoms with Crippen LogP contribution in [0, 0.1) is 0 Å². The minimum Gasteiger partial charge on any atom is -0.497 e. The highest BCUT2D eigenvalue weighted by Crippen LogP contribution is 2.47. The second-order valence-corrected chi connectivity index (χ2v) is 7.95. The molecule has 0 unspecified atom stereocenters. The zero-order valence-electron chi connectivity index (χ0n) is 16.1. The summed E-state index contributed by atoms with van der Waals surface area (Å²) in [5.41, 5.74) is 4.47. The van der Waals surface area contributed by atoms with Crippen molar-refractivity contribution in [1.82, 2.24) is 4.98 Å². The summed E-state index contributed by atoms with van der Waals surface area (Å²) in [4.78, 5) is 9.53. The predicted octanol–water partition coefficient (Wildman–Crippen LogP) is 5.96. The quantitative estimate of drug-likeness (QED) is 0.448. The summed E-state index contributed by atoms with van der Waals surface area (Å²) in [6, 6.07) is 25.2. The monoisotopic (exact) mass is 399 g/mol. The first-order chi connectivity index (χ1) is 14.3. The predicted molar refractivity (Wildman–Crippen MR) is 121 cm³/mol. The Balaban J connectivity index is 1.42. The maximum atomic E-state index is 5.47. The van der Waals surface area contributed by atoms with Crippen LogP contribution in [-0.4, -0.2) is 25.2 Å². The maximum absolute atomic E-state index is 5.47. The van der Waals surface area contributed by atoms with E-state index in [2.05, 4.69) is 69.8 Å². The van der Waals surface area contributed by atoms with Crippen molar-refractivity contribution in [3.05, 3.63) is 79.0 Å². The van der Waals surface area contributed by atoms with E-state index in [0.717, 1.165) is 35.4 Å². The third kappa shape index (κ3) is 3.38. The van der Waals surface area contributed by atoms with Crippen molar-refractivity contribution in [3.63, 3.8) is 0 Å². The number of ether oxygens (including phenoxy) is 1. The van der Waals surface area contributed by atoms with Crippen LogP contribution in [0.5, 0.6) is 5.75 Å². The smallest absolute Gasteiger partial charge is 0.121 e. The van der Waals surface area contributed by atoms with E-state index in [1.807, 2.05) is 36.2 Å². The fourth-order valence-electron chi connectivity index (χ4n) is 3.74. The largest absolute Gasteiger partial charge is 0.497 e. The summed E-state index contributed by atoms with van der Waals surface area (Å²) in [6.07, 6.45) is 1.83. The molecular formula is C24H21N3OS. The number of pyridine rings is 1. The van der Waals surface area contributed by atoms with Gasteiger partial charge in [-0.1, -0.05) is 42.1 Å². The molecule has 0 amide bonds. The van der Waals surface area contributed by atoms with Gasteiger partial charge in [0.2, 0.25) is 0 Å². The van der Waals surface area contributed by atoms with E-state index in [4.69, 9.17) is 4.74 Å². The minimum absolute atomic E-state index is 0.784. The number of methoxy groups -OCH3 is 1.